The SMILES string of the molecule is O=Cc1ccc2c(c1)OC(c1ccc(O)c(O)c1)C(OS(=O)(=O)[O-])O2. The number of phenolic OH excluding ortho intramolecular Hbond substituents is 2. The smallest absolute Gasteiger partial charge is 0.256 e. The minimum absolute atomic E-state index is 0.0681. The summed E-state index contributed by atoms with van der Waals surface area (Å²) in [6.07, 6.45) is -2.35. The molecular weight excluding hydrogens is 356 g/mol. The van der Waals surface area contributed by atoms with Gasteiger partial charge in [0.1, 0.15) is 6.29 Å². The Balaban J connectivity index is 2.04. The summed E-state index contributed by atoms with van der Waals surface area (Å²) >= 11 is 0. The zero-order valence-electron chi connectivity index (χ0n) is 12.4. The summed E-state index contributed by atoms with van der Waals surface area (Å²) in [5.74, 6) is -0.709. The Labute approximate surface area is 142 Å². The first-order valence-electron chi connectivity index (χ1n) is 6.85. The second-order valence-corrected chi connectivity index (χ2v) is 6.11. The first kappa shape index (κ1) is 17.0. The topological polar surface area (TPSA) is 142 Å². The van der Waals surface area contributed by atoms with Crippen molar-refractivity contribution in [1.29, 1.82) is 0 Å². The number of rotatable bonds is 4. The third-order valence-corrected chi connectivity index (χ3v) is 3.81. The van der Waals surface area contributed by atoms with E-state index in [1.54, 1.807) is 0 Å². The molecule has 25 heavy (non-hydrogen) atoms. The molecule has 0 radical (unpaired) electrons. The van der Waals surface area contributed by atoms with Crippen LogP contribution in [0.4, 0.5) is 0 Å². The van der Waals surface area contributed by atoms with Crippen molar-refractivity contribution in [3.63, 3.8) is 0 Å². The number of phenols is 2. The molecule has 1 aliphatic rings. The fourth-order valence-corrected chi connectivity index (χ4v) is 2.67. The zero-order valence-corrected chi connectivity index (χ0v) is 13.2. The number of benzene rings is 2. The second-order valence-electron chi connectivity index (χ2n) is 5.10. The van der Waals surface area contributed by atoms with E-state index in [1.807, 2.05) is 0 Å². The number of fused-ring (bicyclic) bond motifs is 1. The predicted molar refractivity (Wildman–Crippen MR) is 80.2 cm³/mol. The van der Waals surface area contributed by atoms with Crippen molar-refractivity contribution in [3.05, 3.63) is 47.5 Å². The van der Waals surface area contributed by atoms with Crippen LogP contribution >= 0.6 is 0 Å². The van der Waals surface area contributed by atoms with Gasteiger partial charge in [0.2, 0.25) is 10.4 Å². The van der Waals surface area contributed by atoms with Gasteiger partial charge in [0.25, 0.3) is 6.29 Å². The first-order valence-corrected chi connectivity index (χ1v) is 8.19. The largest absolute Gasteiger partial charge is 0.725 e. The van der Waals surface area contributed by atoms with Crippen molar-refractivity contribution in [2.75, 3.05) is 0 Å². The quantitative estimate of drug-likeness (QED) is 0.353. The molecule has 1 aliphatic heterocycles. The summed E-state index contributed by atoms with van der Waals surface area (Å²) in [4.78, 5) is 10.9. The summed E-state index contributed by atoms with van der Waals surface area (Å²) < 4.78 is 48.2. The van der Waals surface area contributed by atoms with Gasteiger partial charge in [-0.2, -0.15) is 0 Å². The highest BCUT2D eigenvalue weighted by Gasteiger charge is 2.36. The van der Waals surface area contributed by atoms with Gasteiger partial charge in [0.15, 0.2) is 29.1 Å². The van der Waals surface area contributed by atoms with Crippen LogP contribution in [0.3, 0.4) is 0 Å². The van der Waals surface area contributed by atoms with Crippen LogP contribution in [0.1, 0.15) is 22.0 Å². The lowest BCUT2D eigenvalue weighted by molar-refractivity contribution is -0.0994. The van der Waals surface area contributed by atoms with Crippen LogP contribution in [0.5, 0.6) is 23.0 Å². The van der Waals surface area contributed by atoms with Crippen LogP contribution in [0.25, 0.3) is 0 Å². The molecule has 2 atom stereocenters. The van der Waals surface area contributed by atoms with E-state index < -0.39 is 34.3 Å². The number of hydrogen-bond acceptors (Lipinski definition) is 9. The summed E-state index contributed by atoms with van der Waals surface area (Å²) in [7, 11) is -5.12. The Morgan fingerprint density at radius 1 is 1.04 bits per heavy atom. The monoisotopic (exact) mass is 367 g/mol. The van der Waals surface area contributed by atoms with E-state index in [0.717, 1.165) is 12.1 Å². The summed E-state index contributed by atoms with van der Waals surface area (Å²) in [6, 6.07) is 7.70. The average Bonchev–Trinajstić information content (AvgIpc) is 2.55. The highest BCUT2D eigenvalue weighted by Crippen LogP contribution is 2.42. The number of aromatic hydroxyl groups is 2. The molecule has 0 amide bonds. The second kappa shape index (κ2) is 6.24. The van der Waals surface area contributed by atoms with Crippen molar-refractivity contribution in [3.8, 4) is 23.0 Å². The maximum atomic E-state index is 11.0. The van der Waals surface area contributed by atoms with Gasteiger partial charge in [0, 0.05) is 11.1 Å². The van der Waals surface area contributed by atoms with E-state index in [1.165, 1.54) is 24.3 Å². The van der Waals surface area contributed by atoms with Crippen molar-refractivity contribution < 1.29 is 41.6 Å². The standard InChI is InChI=1S/C15H12O9S/c16-7-8-1-4-12-13(5-8)22-14(15(23-12)24-25(19,20)21)9-2-3-10(17)11(18)6-9/h1-7,14-15,17-18H,(H,19,20,21)/p-1. The molecule has 0 aromatic heterocycles. The lowest BCUT2D eigenvalue weighted by atomic mass is 10.1. The molecular formula is C15H11O9S-. The van der Waals surface area contributed by atoms with Crippen molar-refractivity contribution in [2.24, 2.45) is 0 Å². The Hall–Kier alpha value is -2.82. The van der Waals surface area contributed by atoms with Crippen molar-refractivity contribution in [1.82, 2.24) is 0 Å². The van der Waals surface area contributed by atoms with E-state index in [0.29, 0.717) is 6.29 Å². The molecule has 0 saturated carbocycles. The first-order chi connectivity index (χ1) is 11.8. The Morgan fingerprint density at radius 2 is 1.80 bits per heavy atom. The van der Waals surface area contributed by atoms with Gasteiger partial charge in [-0.3, -0.25) is 4.79 Å². The van der Waals surface area contributed by atoms with Gasteiger partial charge in [-0.15, -0.1) is 0 Å². The molecule has 10 heteroatoms. The van der Waals surface area contributed by atoms with Crippen LogP contribution in [-0.2, 0) is 14.6 Å². The van der Waals surface area contributed by atoms with Crippen LogP contribution in [0.2, 0.25) is 0 Å². The van der Waals surface area contributed by atoms with Crippen molar-refractivity contribution in [2.45, 2.75) is 12.4 Å². The van der Waals surface area contributed by atoms with Crippen LogP contribution in [-0.4, -0.2) is 35.8 Å². The third kappa shape index (κ3) is 3.65. The molecule has 2 N–H and O–H groups in total. The fourth-order valence-electron chi connectivity index (χ4n) is 2.30. The summed E-state index contributed by atoms with van der Waals surface area (Å²) in [6.45, 7) is 0. The van der Waals surface area contributed by atoms with Crippen molar-refractivity contribution >= 4 is 16.7 Å². The number of hydrogen-bond donors (Lipinski definition) is 2. The average molecular weight is 367 g/mol. The molecule has 0 fully saturated rings. The number of aldehydes is 1. The highest BCUT2D eigenvalue weighted by molar-refractivity contribution is 7.80. The summed E-state index contributed by atoms with van der Waals surface area (Å²) in [5, 5.41) is 19.0. The Morgan fingerprint density at radius 3 is 2.44 bits per heavy atom. The number of ether oxygens (including phenoxy) is 2. The predicted octanol–water partition coefficient (Wildman–Crippen LogP) is 1.23. The lowest BCUT2D eigenvalue weighted by Gasteiger charge is -2.34. The Kier molecular flexibility index (Phi) is 4.25. The fraction of sp³-hybridized carbons (Fsp3) is 0.133. The molecule has 0 bridgehead atoms. The molecule has 9 nitrogen and oxygen atoms in total. The molecule has 132 valence electrons. The molecule has 2 aromatic rings. The molecule has 0 aliphatic carbocycles. The molecule has 2 unspecified atom stereocenters. The normalized spacial score (nSPS) is 19.4. The summed E-state index contributed by atoms with van der Waals surface area (Å²) in [5.41, 5.74) is 0.455. The molecule has 1 heterocycles. The molecule has 3 rings (SSSR count). The molecule has 0 saturated heterocycles. The van der Waals surface area contributed by atoms with E-state index in [4.69, 9.17) is 9.47 Å². The zero-order chi connectivity index (χ0) is 18.2. The van der Waals surface area contributed by atoms with Gasteiger partial charge >= 0.3 is 0 Å². The van der Waals surface area contributed by atoms with Gasteiger partial charge in [-0.05, 0) is 30.3 Å². The minimum Gasteiger partial charge on any atom is -0.725 e. The Bertz CT molecular complexity index is 923. The number of carbonyl (C=O) groups is 1. The van der Waals surface area contributed by atoms with E-state index >= 15 is 0 Å². The van der Waals surface area contributed by atoms with Crippen LogP contribution < -0.4 is 9.47 Å². The molecule has 2 aromatic carbocycles. The van der Waals surface area contributed by atoms with Gasteiger partial charge < -0.3 is 24.2 Å². The molecule has 0 spiro atoms. The lowest BCUT2D eigenvalue weighted by Crippen LogP contribution is -2.37. The maximum absolute atomic E-state index is 11.0. The van der Waals surface area contributed by atoms with Gasteiger partial charge in [0.05, 0.1) is 0 Å². The maximum Gasteiger partial charge on any atom is 0.256 e. The highest BCUT2D eigenvalue weighted by atomic mass is 32.3. The third-order valence-electron chi connectivity index (χ3n) is 3.39. The van der Waals surface area contributed by atoms with E-state index in [2.05, 4.69) is 4.18 Å². The minimum atomic E-state index is -5.12. The van der Waals surface area contributed by atoms with E-state index in [-0.39, 0.29) is 22.6 Å². The van der Waals surface area contributed by atoms with Crippen LogP contribution in [0, 0.1) is 0 Å². The number of carbonyl (C=O) groups excluding carboxylic acids is 1. The van der Waals surface area contributed by atoms with E-state index in [9.17, 15) is 28.0 Å². The van der Waals surface area contributed by atoms with Gasteiger partial charge in [-0.25, -0.2) is 12.6 Å². The van der Waals surface area contributed by atoms with Gasteiger partial charge in [-0.1, -0.05) is 6.07 Å². The van der Waals surface area contributed by atoms with Crippen LogP contribution in [0.15, 0.2) is 36.4 Å².